The highest BCUT2D eigenvalue weighted by molar-refractivity contribution is 7.12. The number of piperidine rings is 1. The van der Waals surface area contributed by atoms with Crippen molar-refractivity contribution in [1.29, 1.82) is 0 Å². The van der Waals surface area contributed by atoms with Gasteiger partial charge in [0.2, 0.25) is 0 Å². The van der Waals surface area contributed by atoms with Crippen molar-refractivity contribution in [2.75, 3.05) is 20.1 Å². The van der Waals surface area contributed by atoms with Gasteiger partial charge in [-0.1, -0.05) is 6.42 Å². The monoisotopic (exact) mass is 266 g/mol. The summed E-state index contributed by atoms with van der Waals surface area (Å²) in [4.78, 5) is 5.39. The van der Waals surface area contributed by atoms with Crippen LogP contribution in [0.3, 0.4) is 0 Å². The van der Waals surface area contributed by atoms with Crippen molar-refractivity contribution in [1.82, 2.24) is 10.2 Å². The van der Waals surface area contributed by atoms with Crippen LogP contribution in [0.1, 0.15) is 47.5 Å². The maximum Gasteiger partial charge on any atom is 0.0303 e. The number of nitrogens with one attached hydrogen (secondary N) is 1. The van der Waals surface area contributed by atoms with E-state index in [1.54, 1.807) is 0 Å². The molecule has 1 aromatic rings. The van der Waals surface area contributed by atoms with Crippen LogP contribution in [0.15, 0.2) is 6.07 Å². The summed E-state index contributed by atoms with van der Waals surface area (Å²) >= 11 is 1.91. The van der Waals surface area contributed by atoms with Gasteiger partial charge >= 0.3 is 0 Å². The summed E-state index contributed by atoms with van der Waals surface area (Å²) in [6.07, 6.45) is 4.10. The van der Waals surface area contributed by atoms with Crippen LogP contribution in [0, 0.1) is 13.8 Å². The molecule has 1 N–H and O–H groups in total. The zero-order valence-electron chi connectivity index (χ0n) is 12.1. The number of hydrogen-bond donors (Lipinski definition) is 1. The molecule has 2 atom stereocenters. The second-order valence-corrected chi connectivity index (χ2v) is 7.09. The maximum atomic E-state index is 3.72. The standard InChI is InChI=1S/C15H26N2S/c1-11-9-15(13(3)18-11)12(2)16-10-14-7-5-6-8-17(14)4/h9,12,14,16H,5-8,10H2,1-4H3. The van der Waals surface area contributed by atoms with Gasteiger partial charge in [-0.2, -0.15) is 0 Å². The molecule has 2 nitrogen and oxygen atoms in total. The van der Waals surface area contributed by atoms with E-state index in [9.17, 15) is 0 Å². The van der Waals surface area contributed by atoms with Crippen LogP contribution in [0.4, 0.5) is 0 Å². The Kier molecular flexibility index (Phi) is 4.82. The van der Waals surface area contributed by atoms with E-state index < -0.39 is 0 Å². The third-order valence-electron chi connectivity index (χ3n) is 4.13. The topological polar surface area (TPSA) is 15.3 Å². The van der Waals surface area contributed by atoms with Gasteiger partial charge in [0.05, 0.1) is 0 Å². The van der Waals surface area contributed by atoms with Gasteiger partial charge in [0.25, 0.3) is 0 Å². The quantitative estimate of drug-likeness (QED) is 0.897. The van der Waals surface area contributed by atoms with E-state index in [0.29, 0.717) is 6.04 Å². The van der Waals surface area contributed by atoms with Gasteiger partial charge < -0.3 is 10.2 Å². The fraction of sp³-hybridized carbons (Fsp3) is 0.733. The highest BCUT2D eigenvalue weighted by Gasteiger charge is 2.20. The summed E-state index contributed by atoms with van der Waals surface area (Å²) in [6, 6.07) is 3.54. The highest BCUT2D eigenvalue weighted by atomic mass is 32.1. The first kappa shape index (κ1) is 14.0. The van der Waals surface area contributed by atoms with Crippen molar-refractivity contribution < 1.29 is 0 Å². The van der Waals surface area contributed by atoms with Gasteiger partial charge in [-0.15, -0.1) is 11.3 Å². The highest BCUT2D eigenvalue weighted by Crippen LogP contribution is 2.26. The normalized spacial score (nSPS) is 23.2. The molecule has 1 aliphatic rings. The van der Waals surface area contributed by atoms with Crippen LogP contribution < -0.4 is 5.32 Å². The van der Waals surface area contributed by atoms with Crippen LogP contribution >= 0.6 is 11.3 Å². The minimum atomic E-state index is 0.477. The van der Waals surface area contributed by atoms with E-state index >= 15 is 0 Å². The van der Waals surface area contributed by atoms with E-state index in [2.05, 4.69) is 44.1 Å². The molecule has 0 amide bonds. The van der Waals surface area contributed by atoms with Gasteiger partial charge in [-0.25, -0.2) is 0 Å². The molecule has 1 fully saturated rings. The van der Waals surface area contributed by atoms with Gasteiger partial charge in [-0.05, 0) is 58.8 Å². The Hall–Kier alpha value is -0.380. The van der Waals surface area contributed by atoms with Crippen molar-refractivity contribution in [2.24, 2.45) is 0 Å². The van der Waals surface area contributed by atoms with Crippen LogP contribution in [0.2, 0.25) is 0 Å². The fourth-order valence-corrected chi connectivity index (χ4v) is 3.93. The first-order valence-corrected chi connectivity index (χ1v) is 7.90. The molecule has 2 unspecified atom stereocenters. The zero-order chi connectivity index (χ0) is 13.1. The van der Waals surface area contributed by atoms with Crippen LogP contribution in [0.5, 0.6) is 0 Å². The fourth-order valence-electron chi connectivity index (χ4n) is 2.91. The van der Waals surface area contributed by atoms with Gasteiger partial charge in [-0.3, -0.25) is 0 Å². The SMILES string of the molecule is Cc1cc(C(C)NCC2CCCCN2C)c(C)s1. The molecule has 0 aliphatic carbocycles. The lowest BCUT2D eigenvalue weighted by Gasteiger charge is -2.33. The number of likely N-dealkylation sites (tertiary alicyclic amines) is 1. The molecule has 0 radical (unpaired) electrons. The largest absolute Gasteiger partial charge is 0.309 e. The summed E-state index contributed by atoms with van der Waals surface area (Å²) in [7, 11) is 2.26. The predicted octanol–water partition coefficient (Wildman–Crippen LogP) is 3.50. The van der Waals surface area contributed by atoms with Crippen LogP contribution in [0.25, 0.3) is 0 Å². The summed E-state index contributed by atoms with van der Waals surface area (Å²) in [5.41, 5.74) is 1.48. The molecule has 1 saturated heterocycles. The number of thiophene rings is 1. The van der Waals surface area contributed by atoms with Crippen molar-refractivity contribution in [2.45, 2.75) is 52.1 Å². The molecule has 0 saturated carbocycles. The molecule has 0 aromatic carbocycles. The summed E-state index contributed by atoms with van der Waals surface area (Å²) < 4.78 is 0. The van der Waals surface area contributed by atoms with Crippen molar-refractivity contribution in [3.05, 3.63) is 21.4 Å². The Balaban J connectivity index is 1.87. The Morgan fingerprint density at radius 3 is 2.83 bits per heavy atom. The van der Waals surface area contributed by atoms with Crippen molar-refractivity contribution >= 4 is 11.3 Å². The van der Waals surface area contributed by atoms with Crippen LogP contribution in [-0.2, 0) is 0 Å². The van der Waals surface area contributed by atoms with E-state index in [4.69, 9.17) is 0 Å². The van der Waals surface area contributed by atoms with E-state index in [1.807, 2.05) is 11.3 Å². The number of rotatable bonds is 4. The lowest BCUT2D eigenvalue weighted by Crippen LogP contribution is -2.43. The minimum Gasteiger partial charge on any atom is -0.309 e. The number of likely N-dealkylation sites (N-methyl/N-ethyl adjacent to an activating group) is 1. The molecule has 3 heteroatoms. The molecule has 1 aliphatic heterocycles. The Labute approximate surface area is 115 Å². The van der Waals surface area contributed by atoms with Crippen molar-refractivity contribution in [3.63, 3.8) is 0 Å². The van der Waals surface area contributed by atoms with Gasteiger partial charge in [0.1, 0.15) is 0 Å². The third-order valence-corrected chi connectivity index (χ3v) is 5.11. The van der Waals surface area contributed by atoms with E-state index in [0.717, 1.165) is 12.6 Å². The number of aryl methyl sites for hydroxylation is 2. The van der Waals surface area contributed by atoms with Crippen LogP contribution in [-0.4, -0.2) is 31.1 Å². The maximum absolute atomic E-state index is 3.72. The summed E-state index contributed by atoms with van der Waals surface area (Å²) in [5.74, 6) is 0. The van der Waals surface area contributed by atoms with Crippen molar-refractivity contribution in [3.8, 4) is 0 Å². The lowest BCUT2D eigenvalue weighted by molar-refractivity contribution is 0.178. The Bertz CT molecular complexity index is 386. The predicted molar refractivity (Wildman–Crippen MR) is 80.5 cm³/mol. The molecule has 1 aromatic heterocycles. The first-order valence-electron chi connectivity index (χ1n) is 7.08. The smallest absolute Gasteiger partial charge is 0.0303 e. The molecule has 2 rings (SSSR count). The van der Waals surface area contributed by atoms with Gasteiger partial charge in [0.15, 0.2) is 0 Å². The molecule has 2 heterocycles. The van der Waals surface area contributed by atoms with E-state index in [1.165, 1.54) is 41.1 Å². The minimum absolute atomic E-state index is 0.477. The number of nitrogens with zero attached hydrogens (tertiary/aromatic N) is 1. The third kappa shape index (κ3) is 3.34. The summed E-state index contributed by atoms with van der Waals surface area (Å²) in [6.45, 7) is 9.10. The lowest BCUT2D eigenvalue weighted by atomic mass is 10.0. The number of hydrogen-bond acceptors (Lipinski definition) is 3. The van der Waals surface area contributed by atoms with Gasteiger partial charge in [0, 0.05) is 28.4 Å². The zero-order valence-corrected chi connectivity index (χ0v) is 12.9. The summed E-state index contributed by atoms with van der Waals surface area (Å²) in [5, 5.41) is 3.72. The molecular weight excluding hydrogens is 240 g/mol. The second kappa shape index (κ2) is 6.18. The Morgan fingerprint density at radius 1 is 1.44 bits per heavy atom. The first-order chi connectivity index (χ1) is 8.58. The second-order valence-electron chi connectivity index (χ2n) is 5.63. The van der Waals surface area contributed by atoms with E-state index in [-0.39, 0.29) is 0 Å². The molecule has 18 heavy (non-hydrogen) atoms. The molecule has 0 bridgehead atoms. The average molecular weight is 266 g/mol. The molecular formula is C15H26N2S. The molecule has 0 spiro atoms. The average Bonchev–Trinajstić information content (AvgIpc) is 2.67. The molecule has 102 valence electrons. The Morgan fingerprint density at radius 2 is 2.22 bits per heavy atom.